The van der Waals surface area contributed by atoms with Crippen LogP contribution in [0.5, 0.6) is 0 Å². The van der Waals surface area contributed by atoms with E-state index in [0.717, 1.165) is 23.5 Å². The lowest BCUT2D eigenvalue weighted by molar-refractivity contribution is -0.124. The van der Waals surface area contributed by atoms with E-state index >= 15 is 0 Å². The van der Waals surface area contributed by atoms with E-state index in [0.29, 0.717) is 19.4 Å². The van der Waals surface area contributed by atoms with Crippen LogP contribution in [0.2, 0.25) is 0 Å². The van der Waals surface area contributed by atoms with E-state index in [1.165, 1.54) is 0 Å². The SMILES string of the molecule is Cc1ccc(C)n1C(CCCCO)C(=O)NCc1ccccn1. The van der Waals surface area contributed by atoms with E-state index in [1.807, 2.05) is 44.2 Å². The number of carbonyl (C=O) groups excluding carboxylic acids is 1. The fourth-order valence-corrected chi connectivity index (χ4v) is 2.80. The number of aliphatic hydroxyl groups excluding tert-OH is 1. The zero-order valence-electron chi connectivity index (χ0n) is 13.8. The lowest BCUT2D eigenvalue weighted by Crippen LogP contribution is -2.33. The number of pyridine rings is 1. The van der Waals surface area contributed by atoms with Gasteiger partial charge in [0, 0.05) is 24.2 Å². The number of nitrogens with zero attached hydrogens (tertiary/aromatic N) is 2. The van der Waals surface area contributed by atoms with Crippen molar-refractivity contribution in [2.24, 2.45) is 0 Å². The zero-order chi connectivity index (χ0) is 16.7. The molecule has 5 heteroatoms. The van der Waals surface area contributed by atoms with Gasteiger partial charge in [-0.1, -0.05) is 6.07 Å². The Kier molecular flexibility index (Phi) is 6.35. The van der Waals surface area contributed by atoms with Crippen molar-refractivity contribution in [1.82, 2.24) is 14.9 Å². The second-order valence-electron chi connectivity index (χ2n) is 5.76. The molecule has 2 N–H and O–H groups in total. The minimum Gasteiger partial charge on any atom is -0.396 e. The molecule has 0 aliphatic heterocycles. The van der Waals surface area contributed by atoms with Crippen LogP contribution in [0.4, 0.5) is 0 Å². The number of amides is 1. The van der Waals surface area contributed by atoms with Crippen LogP contribution in [0.1, 0.15) is 42.4 Å². The molecule has 0 aliphatic carbocycles. The van der Waals surface area contributed by atoms with Gasteiger partial charge in [0.1, 0.15) is 6.04 Å². The van der Waals surface area contributed by atoms with Gasteiger partial charge in [0.25, 0.3) is 0 Å². The number of hydrogen-bond donors (Lipinski definition) is 2. The highest BCUT2D eigenvalue weighted by Gasteiger charge is 2.22. The maximum Gasteiger partial charge on any atom is 0.243 e. The van der Waals surface area contributed by atoms with Gasteiger partial charge in [-0.05, 0) is 57.4 Å². The summed E-state index contributed by atoms with van der Waals surface area (Å²) in [5.41, 5.74) is 2.99. The quantitative estimate of drug-likeness (QED) is 0.736. The first-order valence-electron chi connectivity index (χ1n) is 8.06. The molecule has 0 fully saturated rings. The third-order valence-corrected chi connectivity index (χ3v) is 4.00. The average Bonchev–Trinajstić information content (AvgIpc) is 2.89. The predicted molar refractivity (Wildman–Crippen MR) is 90.0 cm³/mol. The lowest BCUT2D eigenvalue weighted by Gasteiger charge is -2.22. The number of aliphatic hydroxyl groups is 1. The van der Waals surface area contributed by atoms with Crippen molar-refractivity contribution in [1.29, 1.82) is 0 Å². The molecule has 2 heterocycles. The highest BCUT2D eigenvalue weighted by Crippen LogP contribution is 2.21. The Morgan fingerprint density at radius 1 is 1.22 bits per heavy atom. The van der Waals surface area contributed by atoms with Crippen molar-refractivity contribution in [3.63, 3.8) is 0 Å². The molecule has 5 nitrogen and oxygen atoms in total. The Hall–Kier alpha value is -2.14. The fraction of sp³-hybridized carbons (Fsp3) is 0.444. The molecule has 0 aromatic carbocycles. The van der Waals surface area contributed by atoms with E-state index < -0.39 is 0 Å². The maximum atomic E-state index is 12.7. The Morgan fingerprint density at radius 2 is 1.96 bits per heavy atom. The van der Waals surface area contributed by atoms with Crippen molar-refractivity contribution >= 4 is 5.91 Å². The number of carbonyl (C=O) groups is 1. The summed E-state index contributed by atoms with van der Waals surface area (Å²) in [4.78, 5) is 16.9. The molecule has 2 rings (SSSR count). The lowest BCUT2D eigenvalue weighted by atomic mass is 10.1. The van der Waals surface area contributed by atoms with Crippen LogP contribution in [-0.4, -0.2) is 27.2 Å². The summed E-state index contributed by atoms with van der Waals surface area (Å²) in [6.45, 7) is 4.61. The molecule has 0 spiro atoms. The van der Waals surface area contributed by atoms with Gasteiger partial charge in [-0.3, -0.25) is 9.78 Å². The van der Waals surface area contributed by atoms with Crippen LogP contribution >= 0.6 is 0 Å². The van der Waals surface area contributed by atoms with Gasteiger partial charge < -0.3 is 15.0 Å². The Morgan fingerprint density at radius 3 is 2.57 bits per heavy atom. The van der Waals surface area contributed by atoms with Crippen LogP contribution in [-0.2, 0) is 11.3 Å². The summed E-state index contributed by atoms with van der Waals surface area (Å²) in [7, 11) is 0. The first kappa shape index (κ1) is 17.2. The number of rotatable bonds is 8. The molecule has 0 saturated heterocycles. The predicted octanol–water partition coefficient (Wildman–Crippen LogP) is 2.52. The smallest absolute Gasteiger partial charge is 0.243 e. The molecule has 1 amide bonds. The van der Waals surface area contributed by atoms with E-state index in [1.54, 1.807) is 6.20 Å². The molecule has 1 atom stereocenters. The van der Waals surface area contributed by atoms with Crippen molar-refractivity contribution < 1.29 is 9.90 Å². The van der Waals surface area contributed by atoms with Crippen molar-refractivity contribution in [2.75, 3.05) is 6.61 Å². The molecular weight excluding hydrogens is 290 g/mol. The molecule has 0 saturated carbocycles. The van der Waals surface area contributed by atoms with Gasteiger partial charge in [0.05, 0.1) is 12.2 Å². The molecule has 2 aromatic heterocycles. The maximum absolute atomic E-state index is 12.7. The summed E-state index contributed by atoms with van der Waals surface area (Å²) in [5, 5.41) is 12.0. The first-order valence-corrected chi connectivity index (χ1v) is 8.06. The number of aromatic nitrogens is 2. The molecule has 0 radical (unpaired) electrons. The van der Waals surface area contributed by atoms with Crippen LogP contribution in [0.3, 0.4) is 0 Å². The highest BCUT2D eigenvalue weighted by atomic mass is 16.2. The normalized spacial score (nSPS) is 12.1. The number of nitrogens with one attached hydrogen (secondary N) is 1. The Bertz CT molecular complexity index is 603. The van der Waals surface area contributed by atoms with Crippen LogP contribution < -0.4 is 5.32 Å². The van der Waals surface area contributed by atoms with Gasteiger partial charge in [0.2, 0.25) is 5.91 Å². The third kappa shape index (κ3) is 4.66. The molecule has 0 aliphatic rings. The van der Waals surface area contributed by atoms with Crippen LogP contribution in [0.15, 0.2) is 36.5 Å². The van der Waals surface area contributed by atoms with Gasteiger partial charge in [-0.15, -0.1) is 0 Å². The molecular formula is C18H25N3O2. The topological polar surface area (TPSA) is 67.2 Å². The van der Waals surface area contributed by atoms with Crippen molar-refractivity contribution in [3.05, 3.63) is 53.6 Å². The van der Waals surface area contributed by atoms with Crippen LogP contribution in [0.25, 0.3) is 0 Å². The molecule has 0 bridgehead atoms. The Balaban J connectivity index is 2.08. The summed E-state index contributed by atoms with van der Waals surface area (Å²) < 4.78 is 2.07. The number of hydrogen-bond acceptors (Lipinski definition) is 3. The summed E-state index contributed by atoms with van der Waals surface area (Å²) in [5.74, 6) is -0.00371. The molecule has 23 heavy (non-hydrogen) atoms. The minimum atomic E-state index is -0.250. The van der Waals surface area contributed by atoms with Crippen molar-refractivity contribution in [2.45, 2.75) is 45.7 Å². The van der Waals surface area contributed by atoms with E-state index in [9.17, 15) is 4.79 Å². The first-order chi connectivity index (χ1) is 11.1. The highest BCUT2D eigenvalue weighted by molar-refractivity contribution is 5.80. The second kappa shape index (κ2) is 8.48. The summed E-state index contributed by atoms with van der Waals surface area (Å²) in [6, 6.07) is 9.47. The molecule has 124 valence electrons. The zero-order valence-corrected chi connectivity index (χ0v) is 13.8. The summed E-state index contributed by atoms with van der Waals surface area (Å²) >= 11 is 0. The van der Waals surface area contributed by atoms with Gasteiger partial charge in [-0.2, -0.15) is 0 Å². The summed E-state index contributed by atoms with van der Waals surface area (Å²) in [6.07, 6.45) is 3.96. The van der Waals surface area contributed by atoms with E-state index in [2.05, 4.69) is 14.9 Å². The third-order valence-electron chi connectivity index (χ3n) is 4.00. The second-order valence-corrected chi connectivity index (χ2v) is 5.76. The average molecular weight is 315 g/mol. The van der Waals surface area contributed by atoms with Gasteiger partial charge >= 0.3 is 0 Å². The standard InChI is InChI=1S/C18H25N3O2/c1-14-9-10-15(2)21(14)17(8-4-6-12-22)18(23)20-13-16-7-3-5-11-19-16/h3,5,7,9-11,17,22H,4,6,8,12-13H2,1-2H3,(H,20,23). The van der Waals surface area contributed by atoms with E-state index in [-0.39, 0.29) is 18.6 Å². The molecule has 2 aromatic rings. The Labute approximate surface area is 137 Å². The van der Waals surface area contributed by atoms with Gasteiger partial charge in [-0.25, -0.2) is 0 Å². The minimum absolute atomic E-state index is 0.00371. The van der Waals surface area contributed by atoms with E-state index in [4.69, 9.17) is 5.11 Å². The van der Waals surface area contributed by atoms with Crippen LogP contribution in [0, 0.1) is 13.8 Å². The number of unbranched alkanes of at least 4 members (excludes halogenated alkanes) is 1. The van der Waals surface area contributed by atoms with Crippen molar-refractivity contribution in [3.8, 4) is 0 Å². The number of aryl methyl sites for hydroxylation is 2. The fourth-order valence-electron chi connectivity index (χ4n) is 2.80. The molecule has 1 unspecified atom stereocenters. The monoisotopic (exact) mass is 315 g/mol. The largest absolute Gasteiger partial charge is 0.396 e. The van der Waals surface area contributed by atoms with Gasteiger partial charge in [0.15, 0.2) is 0 Å².